The van der Waals surface area contributed by atoms with Crippen LogP contribution < -0.4 is 40.1 Å². The number of carbonyl (C=O) groups excluding carboxylic acids is 6. The maximum Gasteiger partial charge on any atom is 0.339 e. The summed E-state index contributed by atoms with van der Waals surface area (Å²) >= 11 is 0. The zero-order chi connectivity index (χ0) is 40.9. The van der Waals surface area contributed by atoms with Crippen molar-refractivity contribution >= 4 is 53.0 Å². The fourth-order valence-electron chi connectivity index (χ4n) is 5.84. The van der Waals surface area contributed by atoms with Crippen molar-refractivity contribution in [3.63, 3.8) is 0 Å². The van der Waals surface area contributed by atoms with Crippen LogP contribution in [0.1, 0.15) is 78.6 Å². The van der Waals surface area contributed by atoms with E-state index in [9.17, 15) is 63.6 Å². The molecule has 52 heavy (non-hydrogen) atoms. The second-order valence-corrected chi connectivity index (χ2v) is 13.1. The molecule has 3 amide bonds. The molecule has 0 spiro atoms. The number of ketones is 3. The van der Waals surface area contributed by atoms with Crippen molar-refractivity contribution in [1.82, 2.24) is 4.90 Å². The molecule has 0 aliphatic heterocycles. The van der Waals surface area contributed by atoms with E-state index in [4.69, 9.17) is 40.1 Å². The average molecular weight is 747 g/mol. The average Bonchev–Trinajstić information content (AvgIpc) is 3.04. The SMILES string of the molecule is CC(C)CC(N)C(=O)N(C(=O)C(N)CCC(=O)O)C(C(=O)O)(C(=O)C(N)CCC(N)=O)C(CC(=O)O)(C(=O)C(N)CCCCN)C(=O)C(N)C(C)O. The molecule has 0 aliphatic rings. The lowest BCUT2D eigenvalue weighted by Gasteiger charge is -2.51. The molecule has 0 saturated carbocycles. The third kappa shape index (κ3) is 11.1. The third-order valence-corrected chi connectivity index (χ3v) is 8.51. The van der Waals surface area contributed by atoms with Gasteiger partial charge in [0.1, 0.15) is 5.41 Å². The van der Waals surface area contributed by atoms with Crippen molar-refractivity contribution in [3.05, 3.63) is 0 Å². The summed E-state index contributed by atoms with van der Waals surface area (Å²) in [5.74, 6) is -17.3. The van der Waals surface area contributed by atoms with E-state index in [0.29, 0.717) is 0 Å². The normalized spacial score (nSPS) is 17.3. The van der Waals surface area contributed by atoms with Crippen molar-refractivity contribution in [2.45, 2.75) is 120 Å². The number of rotatable bonds is 26. The number of unbranched alkanes of at least 4 members (excludes halogenated alkanes) is 1. The molecule has 0 heterocycles. The van der Waals surface area contributed by atoms with Crippen LogP contribution in [0.5, 0.6) is 0 Å². The predicted molar refractivity (Wildman–Crippen MR) is 181 cm³/mol. The van der Waals surface area contributed by atoms with Gasteiger partial charge in [-0.25, -0.2) is 4.79 Å². The maximum absolute atomic E-state index is 14.9. The molecule has 296 valence electrons. The molecular formula is C31H54N8O13. The molecule has 0 aromatic heterocycles. The topological polar surface area (TPSA) is 420 Å². The number of aliphatic hydroxyl groups is 1. The minimum absolute atomic E-state index is 0.0241. The van der Waals surface area contributed by atoms with Gasteiger partial charge in [-0.15, -0.1) is 0 Å². The summed E-state index contributed by atoms with van der Waals surface area (Å²) in [6.07, 6.45) is -7.77. The number of aliphatic carboxylic acids is 3. The highest BCUT2D eigenvalue weighted by molar-refractivity contribution is 6.29. The number of nitrogens with two attached hydrogens (primary N) is 7. The lowest BCUT2D eigenvalue weighted by Crippen LogP contribution is -2.82. The Morgan fingerprint density at radius 3 is 1.58 bits per heavy atom. The molecular weight excluding hydrogens is 692 g/mol. The van der Waals surface area contributed by atoms with Crippen LogP contribution in [0.4, 0.5) is 0 Å². The standard InChI is InChI=1S/C31H54N8O13/c1-14(2)12-19(36)28(50)39(27(49)18(35)8-10-21(42)43)31(29(51)52,25(47)17(34)7-9-20(37)41)30(13-22(44)45,26(48)23(38)15(3)40)24(46)16(33)6-4-5-11-32/h14-19,23,40H,4-13,32-36,38H2,1-3H3,(H2,37,41)(H,42,43)(H,44,45)(H,51,52). The monoisotopic (exact) mass is 746 g/mol. The van der Waals surface area contributed by atoms with Crippen molar-refractivity contribution in [2.75, 3.05) is 6.54 Å². The summed E-state index contributed by atoms with van der Waals surface area (Å²) in [5.41, 5.74) is 32.8. The Bertz CT molecular complexity index is 1360. The fourth-order valence-corrected chi connectivity index (χ4v) is 5.84. The van der Waals surface area contributed by atoms with Crippen LogP contribution >= 0.6 is 0 Å². The number of primary amides is 1. The highest BCUT2D eigenvalue weighted by Crippen LogP contribution is 2.47. The third-order valence-electron chi connectivity index (χ3n) is 8.51. The Morgan fingerprint density at radius 2 is 1.15 bits per heavy atom. The predicted octanol–water partition coefficient (Wildman–Crippen LogP) is -4.34. The summed E-state index contributed by atoms with van der Waals surface area (Å²) < 4.78 is 0. The van der Waals surface area contributed by atoms with Crippen LogP contribution in [0.25, 0.3) is 0 Å². The zero-order valence-electron chi connectivity index (χ0n) is 29.6. The van der Waals surface area contributed by atoms with Gasteiger partial charge in [-0.3, -0.25) is 43.3 Å². The molecule has 21 nitrogen and oxygen atoms in total. The van der Waals surface area contributed by atoms with Crippen molar-refractivity contribution in [1.29, 1.82) is 0 Å². The first-order valence-corrected chi connectivity index (χ1v) is 16.5. The van der Waals surface area contributed by atoms with Gasteiger partial charge in [0.25, 0.3) is 0 Å². The maximum atomic E-state index is 14.9. The molecule has 0 fully saturated rings. The first kappa shape index (κ1) is 47.8. The fraction of sp³-hybridized carbons (Fsp3) is 0.710. The molecule has 18 N–H and O–H groups in total. The number of nitrogens with zero attached hydrogens (tertiary/aromatic N) is 1. The highest BCUT2D eigenvalue weighted by atomic mass is 16.4. The van der Waals surface area contributed by atoms with Gasteiger partial charge in [0.15, 0.2) is 17.3 Å². The van der Waals surface area contributed by atoms with Gasteiger partial charge in [-0.1, -0.05) is 20.3 Å². The quantitative estimate of drug-likeness (QED) is 0.0294. The van der Waals surface area contributed by atoms with Crippen LogP contribution in [0, 0.1) is 11.3 Å². The first-order valence-electron chi connectivity index (χ1n) is 16.5. The molecule has 0 saturated heterocycles. The van der Waals surface area contributed by atoms with E-state index >= 15 is 0 Å². The number of hydrogen-bond donors (Lipinski definition) is 11. The van der Waals surface area contributed by atoms with E-state index in [1.165, 1.54) is 0 Å². The van der Waals surface area contributed by atoms with Crippen molar-refractivity contribution in [2.24, 2.45) is 51.5 Å². The largest absolute Gasteiger partial charge is 0.481 e. The Kier molecular flexibility index (Phi) is 19.0. The Balaban J connectivity index is 9.13. The van der Waals surface area contributed by atoms with E-state index < -0.39 is 150 Å². The lowest BCUT2D eigenvalue weighted by molar-refractivity contribution is -0.190. The number of imide groups is 1. The van der Waals surface area contributed by atoms with Gasteiger partial charge in [0.05, 0.1) is 42.7 Å². The van der Waals surface area contributed by atoms with Gasteiger partial charge in [-0.2, -0.15) is 0 Å². The van der Waals surface area contributed by atoms with E-state index in [2.05, 4.69) is 0 Å². The number of amides is 3. The summed E-state index contributed by atoms with van der Waals surface area (Å²) in [6, 6.07) is -10.8. The lowest BCUT2D eigenvalue weighted by atomic mass is 9.55. The molecule has 8 atom stereocenters. The number of carbonyl (C=O) groups is 9. The number of hydrogen-bond acceptors (Lipinski definition) is 16. The molecule has 0 rings (SSSR count). The molecule has 0 aromatic rings. The molecule has 0 bridgehead atoms. The number of carboxylic acid groups (broad SMARTS) is 3. The van der Waals surface area contributed by atoms with Crippen LogP contribution in [-0.2, 0) is 43.2 Å². The van der Waals surface area contributed by atoms with Crippen LogP contribution in [-0.4, -0.2) is 127 Å². The minimum atomic E-state index is -4.35. The summed E-state index contributed by atoms with van der Waals surface area (Å²) in [7, 11) is 0. The molecule has 0 radical (unpaired) electrons. The van der Waals surface area contributed by atoms with E-state index in [1.54, 1.807) is 13.8 Å². The van der Waals surface area contributed by atoms with Crippen LogP contribution in [0.15, 0.2) is 0 Å². The molecule has 0 aliphatic carbocycles. The van der Waals surface area contributed by atoms with Gasteiger partial charge < -0.3 is 60.6 Å². The van der Waals surface area contributed by atoms with Crippen LogP contribution in [0.2, 0.25) is 0 Å². The van der Waals surface area contributed by atoms with Crippen LogP contribution in [0.3, 0.4) is 0 Å². The van der Waals surface area contributed by atoms with Gasteiger partial charge >= 0.3 is 17.9 Å². The molecule has 21 heteroatoms. The van der Waals surface area contributed by atoms with E-state index in [0.717, 1.165) is 6.92 Å². The molecule has 8 unspecified atom stereocenters. The summed E-state index contributed by atoms with van der Waals surface area (Å²) in [5, 5.41) is 41.2. The van der Waals surface area contributed by atoms with E-state index in [1.807, 2.05) is 0 Å². The minimum Gasteiger partial charge on any atom is -0.481 e. The Morgan fingerprint density at radius 1 is 0.654 bits per heavy atom. The Hall–Kier alpha value is -4.25. The van der Waals surface area contributed by atoms with Gasteiger partial charge in [0.2, 0.25) is 23.3 Å². The summed E-state index contributed by atoms with van der Waals surface area (Å²) in [6.45, 7) is 4.07. The second kappa shape index (κ2) is 20.7. The number of Topliss-reactive ketones (excluding diaryl/α,β-unsaturated/α-hetero) is 3. The van der Waals surface area contributed by atoms with Crippen molar-refractivity contribution < 1.29 is 63.6 Å². The summed E-state index contributed by atoms with van der Waals surface area (Å²) in [4.78, 5) is 123. The number of aliphatic hydroxyl groups excluding tert-OH is 1. The number of carboxylic acids is 3. The van der Waals surface area contributed by atoms with Gasteiger partial charge in [0, 0.05) is 12.8 Å². The zero-order valence-corrected chi connectivity index (χ0v) is 29.6. The second-order valence-electron chi connectivity index (χ2n) is 13.1. The highest BCUT2D eigenvalue weighted by Gasteiger charge is 2.76. The first-order chi connectivity index (χ1) is 23.9. The van der Waals surface area contributed by atoms with Gasteiger partial charge in [-0.05, 0) is 51.5 Å². The Labute approximate surface area is 299 Å². The smallest absolute Gasteiger partial charge is 0.339 e. The van der Waals surface area contributed by atoms with Crippen molar-refractivity contribution in [3.8, 4) is 0 Å². The molecule has 0 aromatic carbocycles. The van der Waals surface area contributed by atoms with E-state index in [-0.39, 0.29) is 25.8 Å².